The third kappa shape index (κ3) is 4.96. The summed E-state index contributed by atoms with van der Waals surface area (Å²) < 4.78 is 5.23. The van der Waals surface area contributed by atoms with Crippen molar-refractivity contribution in [3.8, 4) is 0 Å². The highest BCUT2D eigenvalue weighted by molar-refractivity contribution is 4.74. The first-order valence-electron chi connectivity index (χ1n) is 6.24. The SMILES string of the molecule is CCOCC(O)CN1CCCCCC1C. The summed E-state index contributed by atoms with van der Waals surface area (Å²) in [4.78, 5) is 2.40. The van der Waals surface area contributed by atoms with Crippen molar-refractivity contribution in [3.05, 3.63) is 0 Å². The van der Waals surface area contributed by atoms with Crippen LogP contribution in [0.1, 0.15) is 39.5 Å². The van der Waals surface area contributed by atoms with Gasteiger partial charge in [0, 0.05) is 19.2 Å². The van der Waals surface area contributed by atoms with Crippen molar-refractivity contribution in [1.82, 2.24) is 4.90 Å². The minimum Gasteiger partial charge on any atom is -0.389 e. The number of hydrogen-bond acceptors (Lipinski definition) is 3. The molecule has 0 saturated carbocycles. The van der Waals surface area contributed by atoms with Gasteiger partial charge in [-0.2, -0.15) is 0 Å². The van der Waals surface area contributed by atoms with Gasteiger partial charge in [-0.25, -0.2) is 0 Å². The molecular weight excluding hydrogens is 190 g/mol. The Bertz CT molecular complexity index is 164. The van der Waals surface area contributed by atoms with Gasteiger partial charge in [-0.1, -0.05) is 12.8 Å². The second kappa shape index (κ2) is 7.20. The molecule has 1 fully saturated rings. The highest BCUT2D eigenvalue weighted by Crippen LogP contribution is 2.16. The molecule has 0 amide bonds. The molecule has 90 valence electrons. The van der Waals surface area contributed by atoms with Crippen LogP contribution in [0.15, 0.2) is 0 Å². The summed E-state index contributed by atoms with van der Waals surface area (Å²) in [6.45, 7) is 7.28. The molecule has 1 rings (SSSR count). The minimum atomic E-state index is -0.328. The van der Waals surface area contributed by atoms with Gasteiger partial charge in [0.05, 0.1) is 12.7 Å². The predicted octanol–water partition coefficient (Wildman–Crippen LogP) is 1.65. The number of aliphatic hydroxyl groups is 1. The second-order valence-corrected chi connectivity index (χ2v) is 4.51. The van der Waals surface area contributed by atoms with Gasteiger partial charge in [-0.15, -0.1) is 0 Å². The van der Waals surface area contributed by atoms with E-state index in [-0.39, 0.29) is 6.10 Å². The lowest BCUT2D eigenvalue weighted by atomic mass is 10.1. The number of hydrogen-bond donors (Lipinski definition) is 1. The van der Waals surface area contributed by atoms with Crippen LogP contribution >= 0.6 is 0 Å². The zero-order chi connectivity index (χ0) is 11.1. The normalized spacial score (nSPS) is 26.2. The Morgan fingerprint density at radius 1 is 1.40 bits per heavy atom. The maximum atomic E-state index is 9.78. The van der Waals surface area contributed by atoms with E-state index < -0.39 is 0 Å². The molecule has 1 saturated heterocycles. The Labute approximate surface area is 93.4 Å². The van der Waals surface area contributed by atoms with Gasteiger partial charge < -0.3 is 9.84 Å². The molecule has 0 aromatic heterocycles. The van der Waals surface area contributed by atoms with Crippen LogP contribution in [0.2, 0.25) is 0 Å². The number of aliphatic hydroxyl groups excluding tert-OH is 1. The fourth-order valence-corrected chi connectivity index (χ4v) is 2.18. The molecule has 2 unspecified atom stereocenters. The van der Waals surface area contributed by atoms with E-state index in [1.54, 1.807) is 0 Å². The van der Waals surface area contributed by atoms with Crippen LogP contribution in [0.4, 0.5) is 0 Å². The molecule has 0 radical (unpaired) electrons. The lowest BCUT2D eigenvalue weighted by molar-refractivity contribution is 0.0144. The molecule has 15 heavy (non-hydrogen) atoms. The average molecular weight is 215 g/mol. The van der Waals surface area contributed by atoms with Crippen LogP contribution in [-0.2, 0) is 4.74 Å². The van der Waals surface area contributed by atoms with Crippen molar-refractivity contribution in [3.63, 3.8) is 0 Å². The van der Waals surface area contributed by atoms with Gasteiger partial charge in [0.1, 0.15) is 0 Å². The first-order chi connectivity index (χ1) is 7.24. The number of nitrogens with zero attached hydrogens (tertiary/aromatic N) is 1. The van der Waals surface area contributed by atoms with E-state index in [0.717, 1.165) is 13.1 Å². The number of likely N-dealkylation sites (tertiary alicyclic amines) is 1. The Balaban J connectivity index is 2.27. The van der Waals surface area contributed by atoms with Gasteiger partial charge in [0.25, 0.3) is 0 Å². The fraction of sp³-hybridized carbons (Fsp3) is 1.00. The first kappa shape index (κ1) is 12.9. The Kier molecular flexibility index (Phi) is 6.22. The van der Waals surface area contributed by atoms with Crippen LogP contribution in [0.25, 0.3) is 0 Å². The van der Waals surface area contributed by atoms with Crippen LogP contribution in [-0.4, -0.2) is 48.5 Å². The van der Waals surface area contributed by atoms with E-state index in [4.69, 9.17) is 4.74 Å². The zero-order valence-electron chi connectivity index (χ0n) is 10.1. The standard InChI is InChI=1S/C12H25NO2/c1-3-15-10-12(14)9-13-8-6-4-5-7-11(13)2/h11-12,14H,3-10H2,1-2H3. The van der Waals surface area contributed by atoms with Crippen molar-refractivity contribution in [2.24, 2.45) is 0 Å². The Morgan fingerprint density at radius 3 is 2.93 bits per heavy atom. The number of ether oxygens (including phenoxy) is 1. The van der Waals surface area contributed by atoms with Crippen molar-refractivity contribution in [2.75, 3.05) is 26.3 Å². The van der Waals surface area contributed by atoms with Gasteiger partial charge in [0.15, 0.2) is 0 Å². The summed E-state index contributed by atoms with van der Waals surface area (Å²) in [7, 11) is 0. The molecule has 1 N–H and O–H groups in total. The van der Waals surface area contributed by atoms with Gasteiger partial charge in [-0.05, 0) is 33.2 Å². The van der Waals surface area contributed by atoms with Crippen LogP contribution in [0.5, 0.6) is 0 Å². The van der Waals surface area contributed by atoms with Crippen LogP contribution in [0, 0.1) is 0 Å². The molecule has 3 nitrogen and oxygen atoms in total. The summed E-state index contributed by atoms with van der Waals surface area (Å²) in [5.74, 6) is 0. The van der Waals surface area contributed by atoms with E-state index in [0.29, 0.717) is 19.3 Å². The maximum Gasteiger partial charge on any atom is 0.0900 e. The highest BCUT2D eigenvalue weighted by atomic mass is 16.5. The van der Waals surface area contributed by atoms with E-state index in [9.17, 15) is 5.11 Å². The smallest absolute Gasteiger partial charge is 0.0900 e. The third-order valence-corrected chi connectivity index (χ3v) is 3.15. The largest absolute Gasteiger partial charge is 0.389 e. The molecular formula is C12H25NO2. The van der Waals surface area contributed by atoms with Crippen molar-refractivity contribution < 1.29 is 9.84 Å². The second-order valence-electron chi connectivity index (χ2n) is 4.51. The first-order valence-corrected chi connectivity index (χ1v) is 6.24. The molecule has 1 heterocycles. The van der Waals surface area contributed by atoms with Gasteiger partial charge in [-0.3, -0.25) is 4.90 Å². The topological polar surface area (TPSA) is 32.7 Å². The molecule has 3 heteroatoms. The van der Waals surface area contributed by atoms with Crippen molar-refractivity contribution in [1.29, 1.82) is 0 Å². The van der Waals surface area contributed by atoms with E-state index in [1.165, 1.54) is 25.7 Å². The number of β-amino-alcohol motifs (C(OH)–C–C–N with tert-alkyl or cyclic N) is 1. The highest BCUT2D eigenvalue weighted by Gasteiger charge is 2.19. The van der Waals surface area contributed by atoms with Gasteiger partial charge >= 0.3 is 0 Å². The molecule has 0 aromatic carbocycles. The molecule has 1 aliphatic heterocycles. The maximum absolute atomic E-state index is 9.78. The summed E-state index contributed by atoms with van der Waals surface area (Å²) in [5.41, 5.74) is 0. The van der Waals surface area contributed by atoms with Crippen LogP contribution in [0.3, 0.4) is 0 Å². The summed E-state index contributed by atoms with van der Waals surface area (Å²) >= 11 is 0. The van der Waals surface area contributed by atoms with Crippen LogP contribution < -0.4 is 0 Å². The van der Waals surface area contributed by atoms with E-state index in [1.807, 2.05) is 6.92 Å². The van der Waals surface area contributed by atoms with Crippen molar-refractivity contribution >= 4 is 0 Å². The predicted molar refractivity (Wildman–Crippen MR) is 62.0 cm³/mol. The quantitative estimate of drug-likeness (QED) is 0.757. The average Bonchev–Trinajstić information content (AvgIpc) is 2.42. The Hall–Kier alpha value is -0.120. The number of rotatable bonds is 5. The third-order valence-electron chi connectivity index (χ3n) is 3.15. The molecule has 1 aliphatic rings. The van der Waals surface area contributed by atoms with Crippen molar-refractivity contribution in [2.45, 2.75) is 51.7 Å². The lowest BCUT2D eigenvalue weighted by Gasteiger charge is -2.28. The Morgan fingerprint density at radius 2 is 2.20 bits per heavy atom. The van der Waals surface area contributed by atoms with Gasteiger partial charge in [0.2, 0.25) is 0 Å². The molecule has 2 atom stereocenters. The summed E-state index contributed by atoms with van der Waals surface area (Å²) in [5, 5.41) is 9.78. The molecule has 0 aliphatic carbocycles. The monoisotopic (exact) mass is 215 g/mol. The summed E-state index contributed by atoms with van der Waals surface area (Å²) in [6.07, 6.45) is 4.87. The minimum absolute atomic E-state index is 0.328. The lowest BCUT2D eigenvalue weighted by Crippen LogP contribution is -2.40. The molecule has 0 spiro atoms. The van der Waals surface area contributed by atoms with E-state index in [2.05, 4.69) is 11.8 Å². The van der Waals surface area contributed by atoms with E-state index >= 15 is 0 Å². The summed E-state index contributed by atoms with van der Waals surface area (Å²) in [6, 6.07) is 0.615. The molecule has 0 bridgehead atoms. The molecule has 0 aromatic rings. The zero-order valence-corrected chi connectivity index (χ0v) is 10.1. The fourth-order valence-electron chi connectivity index (χ4n) is 2.18.